The Bertz CT molecular complexity index is 561. The predicted molar refractivity (Wildman–Crippen MR) is 56.7 cm³/mol. The molecule has 0 atom stereocenters. The van der Waals surface area contributed by atoms with Crippen molar-refractivity contribution in [3.63, 3.8) is 0 Å². The molecule has 2 aromatic rings. The molecule has 6 heteroatoms. The Labute approximate surface area is 98.8 Å². The zero-order valence-electron chi connectivity index (χ0n) is 7.94. The van der Waals surface area contributed by atoms with Gasteiger partial charge in [0.05, 0.1) is 6.07 Å². The highest BCUT2D eigenvalue weighted by Crippen LogP contribution is 2.26. The minimum Gasteiger partial charge on any atom is -0.338 e. The van der Waals surface area contributed by atoms with Gasteiger partial charge in [0.2, 0.25) is 11.7 Å². The van der Waals surface area contributed by atoms with E-state index in [2.05, 4.69) is 26.1 Å². The third kappa shape index (κ3) is 2.09. The monoisotopic (exact) mass is 281 g/mol. The van der Waals surface area contributed by atoms with Crippen molar-refractivity contribution < 1.29 is 8.91 Å². The molecule has 1 aromatic carbocycles. The summed E-state index contributed by atoms with van der Waals surface area (Å²) < 4.78 is 18.2. The molecule has 0 unspecified atom stereocenters. The molecule has 2 rings (SSSR count). The van der Waals surface area contributed by atoms with E-state index in [1.807, 2.05) is 6.07 Å². The molecule has 0 aliphatic rings. The quantitative estimate of drug-likeness (QED) is 0.849. The number of hydrogen-bond donors (Lipinski definition) is 0. The van der Waals surface area contributed by atoms with Gasteiger partial charge in [0.15, 0.2) is 0 Å². The Morgan fingerprint density at radius 1 is 1.50 bits per heavy atom. The van der Waals surface area contributed by atoms with Gasteiger partial charge >= 0.3 is 0 Å². The maximum Gasteiger partial charge on any atom is 0.241 e. The molecule has 0 N–H and O–H groups in total. The summed E-state index contributed by atoms with van der Waals surface area (Å²) in [7, 11) is 0. The van der Waals surface area contributed by atoms with Crippen LogP contribution in [0.25, 0.3) is 11.4 Å². The molecule has 0 saturated carbocycles. The number of aromatic nitrogens is 2. The highest BCUT2D eigenvalue weighted by Gasteiger charge is 2.11. The van der Waals surface area contributed by atoms with E-state index in [1.165, 1.54) is 12.1 Å². The van der Waals surface area contributed by atoms with E-state index in [9.17, 15) is 4.39 Å². The maximum atomic E-state index is 12.9. The highest BCUT2D eigenvalue weighted by atomic mass is 79.9. The Morgan fingerprint density at radius 3 is 3.00 bits per heavy atom. The van der Waals surface area contributed by atoms with Crippen molar-refractivity contribution in [3.05, 3.63) is 34.4 Å². The standard InChI is InChI=1S/C10H5BrFN3O/c11-8-5-6(12)1-2-7(8)10-14-9(3-4-13)16-15-10/h1-2,5H,3H2. The molecule has 0 aliphatic heterocycles. The molecule has 0 saturated heterocycles. The second-order valence-corrected chi connectivity index (χ2v) is 3.83. The second kappa shape index (κ2) is 4.41. The van der Waals surface area contributed by atoms with Crippen LogP contribution in [0.4, 0.5) is 4.39 Å². The molecular weight excluding hydrogens is 277 g/mol. The van der Waals surface area contributed by atoms with E-state index in [0.717, 1.165) is 0 Å². The number of nitrogens with zero attached hydrogens (tertiary/aromatic N) is 3. The fraction of sp³-hybridized carbons (Fsp3) is 0.100. The van der Waals surface area contributed by atoms with Crippen molar-refractivity contribution in [1.82, 2.24) is 10.1 Å². The van der Waals surface area contributed by atoms with E-state index >= 15 is 0 Å². The van der Waals surface area contributed by atoms with Crippen LogP contribution in [0.5, 0.6) is 0 Å². The first-order chi connectivity index (χ1) is 7.70. The molecule has 0 aliphatic carbocycles. The smallest absolute Gasteiger partial charge is 0.241 e. The first-order valence-corrected chi connectivity index (χ1v) is 5.15. The van der Waals surface area contributed by atoms with Crippen LogP contribution < -0.4 is 0 Å². The summed E-state index contributed by atoms with van der Waals surface area (Å²) in [5.74, 6) is 0.224. The van der Waals surface area contributed by atoms with Crippen molar-refractivity contribution in [2.24, 2.45) is 0 Å². The lowest BCUT2D eigenvalue weighted by Gasteiger charge is -1.97. The molecule has 1 aromatic heterocycles. The molecule has 4 nitrogen and oxygen atoms in total. The SMILES string of the molecule is N#CCc1nc(-c2ccc(F)cc2Br)no1. The van der Waals surface area contributed by atoms with E-state index in [0.29, 0.717) is 15.9 Å². The van der Waals surface area contributed by atoms with Gasteiger partial charge in [-0.2, -0.15) is 10.2 Å². The van der Waals surface area contributed by atoms with Crippen molar-refractivity contribution in [2.75, 3.05) is 0 Å². The third-order valence-electron chi connectivity index (χ3n) is 1.87. The average molecular weight is 282 g/mol. The molecule has 0 fully saturated rings. The summed E-state index contributed by atoms with van der Waals surface area (Å²) in [5, 5.41) is 12.2. The number of benzene rings is 1. The molecule has 0 amide bonds. The Morgan fingerprint density at radius 2 is 2.31 bits per heavy atom. The summed E-state index contributed by atoms with van der Waals surface area (Å²) >= 11 is 3.21. The van der Waals surface area contributed by atoms with Gasteiger partial charge in [-0.05, 0) is 34.1 Å². The molecule has 16 heavy (non-hydrogen) atoms. The van der Waals surface area contributed by atoms with Gasteiger partial charge in [-0.3, -0.25) is 0 Å². The van der Waals surface area contributed by atoms with Crippen molar-refractivity contribution in [1.29, 1.82) is 5.26 Å². The van der Waals surface area contributed by atoms with Gasteiger partial charge in [-0.25, -0.2) is 4.39 Å². The fourth-order valence-electron chi connectivity index (χ4n) is 1.17. The molecule has 0 radical (unpaired) electrons. The van der Waals surface area contributed by atoms with Crippen molar-refractivity contribution >= 4 is 15.9 Å². The molecule has 0 bridgehead atoms. The summed E-state index contributed by atoms with van der Waals surface area (Å²) in [4.78, 5) is 4.01. The average Bonchev–Trinajstić information content (AvgIpc) is 2.67. The summed E-state index contributed by atoms with van der Waals surface area (Å²) in [5.41, 5.74) is 0.620. The third-order valence-corrected chi connectivity index (χ3v) is 2.53. The van der Waals surface area contributed by atoms with E-state index in [4.69, 9.17) is 9.78 Å². The van der Waals surface area contributed by atoms with E-state index < -0.39 is 0 Å². The van der Waals surface area contributed by atoms with Crippen LogP contribution in [-0.4, -0.2) is 10.1 Å². The van der Waals surface area contributed by atoms with Crippen LogP contribution in [0, 0.1) is 17.1 Å². The lowest BCUT2D eigenvalue weighted by atomic mass is 10.2. The predicted octanol–water partition coefficient (Wildman–Crippen LogP) is 2.70. The Balaban J connectivity index is 2.39. The lowest BCUT2D eigenvalue weighted by Crippen LogP contribution is -1.85. The first kappa shape index (κ1) is 10.8. The van der Waals surface area contributed by atoms with Crippen LogP contribution in [0.2, 0.25) is 0 Å². The number of rotatable bonds is 2. The van der Waals surface area contributed by atoms with Crippen molar-refractivity contribution in [2.45, 2.75) is 6.42 Å². The van der Waals surface area contributed by atoms with Crippen LogP contribution in [-0.2, 0) is 6.42 Å². The summed E-state index contributed by atoms with van der Waals surface area (Å²) in [6, 6.07) is 6.07. The minimum absolute atomic E-state index is 0.0613. The summed E-state index contributed by atoms with van der Waals surface area (Å²) in [6.07, 6.45) is 0.0613. The van der Waals surface area contributed by atoms with Gasteiger partial charge in [-0.1, -0.05) is 5.16 Å². The topological polar surface area (TPSA) is 62.7 Å². The largest absolute Gasteiger partial charge is 0.338 e. The summed E-state index contributed by atoms with van der Waals surface area (Å²) in [6.45, 7) is 0. The fourth-order valence-corrected chi connectivity index (χ4v) is 1.70. The molecule has 80 valence electrons. The van der Waals surface area contributed by atoms with Gasteiger partial charge in [0, 0.05) is 10.0 Å². The van der Waals surface area contributed by atoms with Crippen LogP contribution >= 0.6 is 15.9 Å². The lowest BCUT2D eigenvalue weighted by molar-refractivity contribution is 0.388. The van der Waals surface area contributed by atoms with Gasteiger partial charge in [0.25, 0.3) is 0 Å². The number of nitriles is 1. The van der Waals surface area contributed by atoms with Gasteiger partial charge in [0.1, 0.15) is 12.2 Å². The Hall–Kier alpha value is -1.74. The van der Waals surface area contributed by atoms with E-state index in [-0.39, 0.29) is 18.1 Å². The zero-order chi connectivity index (χ0) is 11.5. The Kier molecular flexibility index (Phi) is 2.97. The van der Waals surface area contributed by atoms with Gasteiger partial charge < -0.3 is 4.52 Å². The zero-order valence-corrected chi connectivity index (χ0v) is 9.53. The number of hydrogen-bond acceptors (Lipinski definition) is 4. The normalized spacial score (nSPS) is 10.1. The molecular formula is C10H5BrFN3O. The van der Waals surface area contributed by atoms with Crippen LogP contribution in [0.1, 0.15) is 5.89 Å². The van der Waals surface area contributed by atoms with E-state index in [1.54, 1.807) is 6.07 Å². The van der Waals surface area contributed by atoms with Crippen LogP contribution in [0.3, 0.4) is 0 Å². The van der Waals surface area contributed by atoms with Gasteiger partial charge in [-0.15, -0.1) is 0 Å². The van der Waals surface area contributed by atoms with Crippen molar-refractivity contribution in [3.8, 4) is 17.5 Å². The molecule has 1 heterocycles. The first-order valence-electron chi connectivity index (χ1n) is 4.35. The van der Waals surface area contributed by atoms with Crippen LogP contribution in [0.15, 0.2) is 27.2 Å². The highest BCUT2D eigenvalue weighted by molar-refractivity contribution is 9.10. The second-order valence-electron chi connectivity index (χ2n) is 2.97. The number of halogens is 2. The maximum absolute atomic E-state index is 12.9. The molecule has 0 spiro atoms. The minimum atomic E-state index is -0.351.